The number of urea groups is 1. The Balaban J connectivity index is 1.51. The minimum atomic E-state index is -0.707. The Hall–Kier alpha value is -2.67. The molecule has 0 aliphatic carbocycles. The minimum Gasteiger partial charge on any atom is -0.348 e. The van der Waals surface area contributed by atoms with Crippen LogP contribution in [0.25, 0.3) is 10.4 Å². The van der Waals surface area contributed by atoms with Crippen molar-refractivity contribution in [1.82, 2.24) is 5.32 Å². The van der Waals surface area contributed by atoms with Gasteiger partial charge in [-0.15, -0.1) is 11.3 Å². The number of thiophene rings is 1. The van der Waals surface area contributed by atoms with Crippen molar-refractivity contribution in [3.8, 4) is 10.4 Å². The normalized spacial score (nSPS) is 20.8. The van der Waals surface area contributed by atoms with Gasteiger partial charge in [0, 0.05) is 10.4 Å². The molecule has 29 heavy (non-hydrogen) atoms. The number of carbonyl (C=O) groups excluding carboxylic acids is 1. The smallest absolute Gasteiger partial charge is 0.319 e. The van der Waals surface area contributed by atoms with Crippen molar-refractivity contribution < 1.29 is 14.3 Å². The van der Waals surface area contributed by atoms with Gasteiger partial charge in [-0.3, -0.25) is 0 Å². The molecule has 0 radical (unpaired) electrons. The molecular weight excluding hydrogens is 384 g/mol. The first-order valence-corrected chi connectivity index (χ1v) is 10.5. The molecule has 2 aromatic carbocycles. The average molecular weight is 409 g/mol. The Morgan fingerprint density at radius 2 is 1.79 bits per heavy atom. The fourth-order valence-corrected chi connectivity index (χ4v) is 4.19. The van der Waals surface area contributed by atoms with E-state index in [2.05, 4.69) is 10.6 Å². The van der Waals surface area contributed by atoms with E-state index >= 15 is 0 Å². The Bertz CT molecular complexity index is 957. The first-order chi connectivity index (χ1) is 14.0. The van der Waals surface area contributed by atoms with Crippen LogP contribution in [-0.4, -0.2) is 24.5 Å². The highest BCUT2D eigenvalue weighted by atomic mass is 32.1. The summed E-state index contributed by atoms with van der Waals surface area (Å²) in [6, 6.07) is 21.1. The van der Waals surface area contributed by atoms with E-state index in [0.29, 0.717) is 6.61 Å². The molecule has 1 aromatic heterocycles. The van der Waals surface area contributed by atoms with Gasteiger partial charge in [0.2, 0.25) is 0 Å². The Kier molecular flexibility index (Phi) is 5.67. The maximum atomic E-state index is 12.8. The number of hydrogen-bond donors (Lipinski definition) is 2. The number of amides is 2. The van der Waals surface area contributed by atoms with Crippen molar-refractivity contribution >= 4 is 23.1 Å². The second-order valence-corrected chi connectivity index (χ2v) is 8.34. The maximum absolute atomic E-state index is 12.8. The number of hydrogen-bond acceptors (Lipinski definition) is 4. The Morgan fingerprint density at radius 1 is 1.03 bits per heavy atom. The number of rotatable bonds is 4. The summed E-state index contributed by atoms with van der Waals surface area (Å²) in [4.78, 5) is 13.9. The van der Waals surface area contributed by atoms with Crippen LogP contribution in [0.2, 0.25) is 0 Å². The summed E-state index contributed by atoms with van der Waals surface area (Å²) in [6.45, 7) is 4.14. The summed E-state index contributed by atoms with van der Waals surface area (Å²) in [5.74, 6) is -0.707. The highest BCUT2D eigenvalue weighted by molar-refractivity contribution is 7.13. The highest BCUT2D eigenvalue weighted by Crippen LogP contribution is 2.34. The van der Waals surface area contributed by atoms with Gasteiger partial charge in [0.1, 0.15) is 6.10 Å². The van der Waals surface area contributed by atoms with E-state index in [4.69, 9.17) is 9.47 Å². The highest BCUT2D eigenvalue weighted by Gasteiger charge is 2.38. The van der Waals surface area contributed by atoms with Gasteiger partial charge in [-0.05, 0) is 36.9 Å². The molecule has 3 aromatic rings. The second-order valence-electron chi connectivity index (χ2n) is 7.39. The van der Waals surface area contributed by atoms with Crippen molar-refractivity contribution in [3.05, 3.63) is 77.7 Å². The molecule has 2 heterocycles. The van der Waals surface area contributed by atoms with Crippen LogP contribution < -0.4 is 10.6 Å². The summed E-state index contributed by atoms with van der Waals surface area (Å²) < 4.78 is 11.9. The molecule has 0 saturated carbocycles. The molecule has 2 N–H and O–H groups in total. The number of carbonyl (C=O) groups is 1. The largest absolute Gasteiger partial charge is 0.348 e. The van der Waals surface area contributed by atoms with E-state index in [1.54, 1.807) is 11.3 Å². The fraction of sp³-hybridized carbons (Fsp3) is 0.261. The number of anilines is 1. The van der Waals surface area contributed by atoms with E-state index in [0.717, 1.165) is 21.7 Å². The topological polar surface area (TPSA) is 59.6 Å². The van der Waals surface area contributed by atoms with Crippen LogP contribution in [0, 0.1) is 0 Å². The van der Waals surface area contributed by atoms with Crippen LogP contribution in [0.15, 0.2) is 72.1 Å². The Labute approximate surface area is 174 Å². The lowest BCUT2D eigenvalue weighted by Crippen LogP contribution is -2.52. The molecule has 1 saturated heterocycles. The van der Waals surface area contributed by atoms with Gasteiger partial charge >= 0.3 is 6.03 Å². The SMILES string of the molecule is CC1(C)OCC(NC(=O)Nc2ccccc2-c2cccs2)C(c2ccccc2)O1. The number of para-hydroxylation sites is 1. The maximum Gasteiger partial charge on any atom is 0.319 e. The van der Waals surface area contributed by atoms with Crippen LogP contribution in [0.1, 0.15) is 25.5 Å². The lowest BCUT2D eigenvalue weighted by molar-refractivity contribution is -0.284. The fourth-order valence-electron chi connectivity index (χ4n) is 3.43. The zero-order chi connectivity index (χ0) is 20.3. The van der Waals surface area contributed by atoms with Crippen LogP contribution in [0.4, 0.5) is 10.5 Å². The summed E-state index contributed by atoms with van der Waals surface area (Å²) in [7, 11) is 0. The average Bonchev–Trinajstić information content (AvgIpc) is 3.25. The van der Waals surface area contributed by atoms with Gasteiger partial charge < -0.3 is 20.1 Å². The third-order valence-corrected chi connectivity index (χ3v) is 5.70. The van der Waals surface area contributed by atoms with Gasteiger partial charge in [-0.2, -0.15) is 0 Å². The molecule has 0 spiro atoms. The van der Waals surface area contributed by atoms with Gasteiger partial charge in [0.05, 0.1) is 18.3 Å². The second kappa shape index (κ2) is 8.37. The summed E-state index contributed by atoms with van der Waals surface area (Å²) >= 11 is 1.64. The quantitative estimate of drug-likeness (QED) is 0.605. The predicted octanol–water partition coefficient (Wildman–Crippen LogP) is 5.43. The lowest BCUT2D eigenvalue weighted by atomic mass is 10.0. The van der Waals surface area contributed by atoms with Crippen molar-refractivity contribution in [2.45, 2.75) is 31.8 Å². The first kappa shape index (κ1) is 19.6. The van der Waals surface area contributed by atoms with Crippen molar-refractivity contribution in [3.63, 3.8) is 0 Å². The van der Waals surface area contributed by atoms with Gasteiger partial charge in [-0.1, -0.05) is 54.6 Å². The molecule has 4 rings (SSSR count). The van der Waals surface area contributed by atoms with Crippen LogP contribution in [0.5, 0.6) is 0 Å². The summed E-state index contributed by atoms with van der Waals surface area (Å²) in [6.07, 6.45) is -0.293. The summed E-state index contributed by atoms with van der Waals surface area (Å²) in [5.41, 5.74) is 2.77. The number of nitrogens with one attached hydrogen (secondary N) is 2. The van der Waals surface area contributed by atoms with E-state index in [9.17, 15) is 4.79 Å². The standard InChI is InChI=1S/C23H24N2O3S/c1-23(2)27-15-19(21(28-23)16-9-4-3-5-10-16)25-22(26)24-18-12-7-6-11-17(18)20-13-8-14-29-20/h3-14,19,21H,15H2,1-2H3,(H2,24,25,26). The molecule has 2 unspecified atom stereocenters. The molecule has 0 bridgehead atoms. The Morgan fingerprint density at radius 3 is 2.55 bits per heavy atom. The monoisotopic (exact) mass is 408 g/mol. The third kappa shape index (κ3) is 4.67. The van der Waals surface area contributed by atoms with E-state index in [1.165, 1.54) is 0 Å². The number of ether oxygens (including phenoxy) is 2. The van der Waals surface area contributed by atoms with E-state index in [1.807, 2.05) is 86.0 Å². The van der Waals surface area contributed by atoms with Crippen molar-refractivity contribution in [1.29, 1.82) is 0 Å². The predicted molar refractivity (Wildman–Crippen MR) is 116 cm³/mol. The van der Waals surface area contributed by atoms with E-state index < -0.39 is 5.79 Å². The van der Waals surface area contributed by atoms with Gasteiger partial charge in [0.25, 0.3) is 0 Å². The summed E-state index contributed by atoms with van der Waals surface area (Å²) in [5, 5.41) is 8.04. The molecule has 1 aliphatic rings. The van der Waals surface area contributed by atoms with Crippen LogP contribution in [-0.2, 0) is 9.47 Å². The zero-order valence-corrected chi connectivity index (χ0v) is 17.2. The molecule has 1 aliphatic heterocycles. The zero-order valence-electron chi connectivity index (χ0n) is 16.4. The minimum absolute atomic E-state index is 0.285. The van der Waals surface area contributed by atoms with Gasteiger partial charge in [-0.25, -0.2) is 4.79 Å². The van der Waals surface area contributed by atoms with Crippen LogP contribution >= 0.6 is 11.3 Å². The molecule has 6 heteroatoms. The van der Waals surface area contributed by atoms with Crippen LogP contribution in [0.3, 0.4) is 0 Å². The lowest BCUT2D eigenvalue weighted by Gasteiger charge is -2.41. The first-order valence-electron chi connectivity index (χ1n) is 9.59. The molecule has 2 amide bonds. The molecular formula is C23H24N2O3S. The van der Waals surface area contributed by atoms with Crippen molar-refractivity contribution in [2.75, 3.05) is 11.9 Å². The van der Waals surface area contributed by atoms with E-state index in [-0.39, 0.29) is 18.2 Å². The molecule has 150 valence electrons. The van der Waals surface area contributed by atoms with Gasteiger partial charge in [0.15, 0.2) is 5.79 Å². The van der Waals surface area contributed by atoms with Crippen molar-refractivity contribution in [2.24, 2.45) is 0 Å². The number of benzene rings is 2. The molecule has 1 fully saturated rings. The molecule has 2 atom stereocenters. The third-order valence-electron chi connectivity index (χ3n) is 4.79. The molecule has 5 nitrogen and oxygen atoms in total.